The second kappa shape index (κ2) is 8.51. The number of unbranched alkanes of at least 4 members (excludes halogenated alkanes) is 5. The van der Waals surface area contributed by atoms with Gasteiger partial charge in [0.1, 0.15) is 5.75 Å². The predicted molar refractivity (Wildman–Crippen MR) is 90.6 cm³/mol. The van der Waals surface area contributed by atoms with Crippen LogP contribution < -0.4 is 0 Å². The van der Waals surface area contributed by atoms with E-state index in [2.05, 4.69) is 31.2 Å². The summed E-state index contributed by atoms with van der Waals surface area (Å²) in [4.78, 5) is 0. The molecular formula is C20H26O. The van der Waals surface area contributed by atoms with Crippen molar-refractivity contribution in [3.05, 3.63) is 54.1 Å². The van der Waals surface area contributed by atoms with Gasteiger partial charge in [-0.3, -0.25) is 0 Å². The SMILES string of the molecule is CCCCCCCCc1cc(O)ccc1-c1ccccc1. The van der Waals surface area contributed by atoms with Crippen LogP contribution in [0.25, 0.3) is 11.1 Å². The summed E-state index contributed by atoms with van der Waals surface area (Å²) in [5.74, 6) is 0.371. The summed E-state index contributed by atoms with van der Waals surface area (Å²) in [6.45, 7) is 2.25. The van der Waals surface area contributed by atoms with Gasteiger partial charge in [-0.2, -0.15) is 0 Å². The van der Waals surface area contributed by atoms with Gasteiger partial charge in [-0.05, 0) is 41.7 Å². The first-order valence-electron chi connectivity index (χ1n) is 8.18. The molecule has 0 aliphatic rings. The Hall–Kier alpha value is -1.76. The van der Waals surface area contributed by atoms with Crippen LogP contribution in [0.4, 0.5) is 0 Å². The summed E-state index contributed by atoms with van der Waals surface area (Å²) in [6.07, 6.45) is 8.85. The van der Waals surface area contributed by atoms with E-state index in [1.165, 1.54) is 55.2 Å². The first-order chi connectivity index (χ1) is 10.3. The fraction of sp³-hybridized carbons (Fsp3) is 0.400. The van der Waals surface area contributed by atoms with Crippen molar-refractivity contribution in [2.45, 2.75) is 51.9 Å². The molecule has 2 rings (SSSR count). The third kappa shape index (κ3) is 4.93. The molecule has 0 radical (unpaired) electrons. The molecule has 2 aromatic carbocycles. The molecule has 0 saturated heterocycles. The number of hydrogen-bond donors (Lipinski definition) is 1. The number of rotatable bonds is 8. The molecule has 0 fully saturated rings. The highest BCUT2D eigenvalue weighted by Crippen LogP contribution is 2.28. The fourth-order valence-electron chi connectivity index (χ4n) is 2.78. The summed E-state index contributed by atoms with van der Waals surface area (Å²) < 4.78 is 0. The molecule has 0 heterocycles. The molecule has 0 amide bonds. The third-order valence-electron chi connectivity index (χ3n) is 3.97. The van der Waals surface area contributed by atoms with Gasteiger partial charge in [-0.25, -0.2) is 0 Å². The molecule has 0 saturated carbocycles. The highest BCUT2D eigenvalue weighted by molar-refractivity contribution is 5.68. The van der Waals surface area contributed by atoms with Gasteiger partial charge in [0.15, 0.2) is 0 Å². The Morgan fingerprint density at radius 1 is 0.810 bits per heavy atom. The lowest BCUT2D eigenvalue weighted by Crippen LogP contribution is -1.91. The van der Waals surface area contributed by atoms with Crippen LogP contribution in [-0.2, 0) is 6.42 Å². The predicted octanol–water partition coefficient (Wildman–Crippen LogP) is 5.96. The number of aryl methyl sites for hydroxylation is 1. The van der Waals surface area contributed by atoms with Crippen molar-refractivity contribution in [1.82, 2.24) is 0 Å². The zero-order chi connectivity index (χ0) is 14.9. The molecule has 0 unspecified atom stereocenters. The normalized spacial score (nSPS) is 10.7. The maximum atomic E-state index is 9.76. The topological polar surface area (TPSA) is 20.2 Å². The minimum Gasteiger partial charge on any atom is -0.508 e. The van der Waals surface area contributed by atoms with Crippen molar-refractivity contribution in [2.75, 3.05) is 0 Å². The van der Waals surface area contributed by atoms with E-state index >= 15 is 0 Å². The number of hydrogen-bond acceptors (Lipinski definition) is 1. The van der Waals surface area contributed by atoms with E-state index < -0.39 is 0 Å². The monoisotopic (exact) mass is 282 g/mol. The highest BCUT2D eigenvalue weighted by atomic mass is 16.3. The summed E-state index contributed by atoms with van der Waals surface area (Å²) >= 11 is 0. The van der Waals surface area contributed by atoms with Gasteiger partial charge >= 0.3 is 0 Å². The van der Waals surface area contributed by atoms with E-state index in [0.717, 1.165) is 6.42 Å². The Bertz CT molecular complexity index is 531. The van der Waals surface area contributed by atoms with Crippen LogP contribution in [-0.4, -0.2) is 5.11 Å². The number of phenolic OH excluding ortho intramolecular Hbond substituents is 1. The lowest BCUT2D eigenvalue weighted by atomic mass is 9.95. The highest BCUT2D eigenvalue weighted by Gasteiger charge is 2.06. The Morgan fingerprint density at radius 2 is 1.52 bits per heavy atom. The molecule has 1 nitrogen and oxygen atoms in total. The van der Waals surface area contributed by atoms with Crippen LogP contribution in [0.5, 0.6) is 5.75 Å². The summed E-state index contributed by atoms with van der Waals surface area (Å²) in [5.41, 5.74) is 3.75. The lowest BCUT2D eigenvalue weighted by Gasteiger charge is -2.10. The smallest absolute Gasteiger partial charge is 0.115 e. The van der Waals surface area contributed by atoms with E-state index in [4.69, 9.17) is 0 Å². The largest absolute Gasteiger partial charge is 0.508 e. The molecule has 21 heavy (non-hydrogen) atoms. The number of benzene rings is 2. The van der Waals surface area contributed by atoms with Gasteiger partial charge in [0, 0.05) is 0 Å². The first kappa shape index (κ1) is 15.6. The van der Waals surface area contributed by atoms with Crippen LogP contribution in [0.3, 0.4) is 0 Å². The summed E-state index contributed by atoms with van der Waals surface area (Å²) in [6, 6.07) is 16.2. The summed E-state index contributed by atoms with van der Waals surface area (Å²) in [7, 11) is 0. The molecule has 0 aromatic heterocycles. The van der Waals surface area contributed by atoms with Crippen molar-refractivity contribution in [3.8, 4) is 16.9 Å². The molecule has 0 aliphatic carbocycles. The first-order valence-corrected chi connectivity index (χ1v) is 8.18. The van der Waals surface area contributed by atoms with E-state index in [-0.39, 0.29) is 0 Å². The molecule has 2 aromatic rings. The Balaban J connectivity index is 1.99. The standard InChI is InChI=1S/C20H26O/c1-2-3-4-5-6-8-13-18-16-19(21)14-15-20(18)17-11-9-7-10-12-17/h7,9-12,14-16,21H,2-6,8,13H2,1H3. The van der Waals surface area contributed by atoms with Gasteiger partial charge < -0.3 is 5.11 Å². The van der Waals surface area contributed by atoms with E-state index in [0.29, 0.717) is 5.75 Å². The molecule has 1 heteroatoms. The van der Waals surface area contributed by atoms with Crippen LogP contribution in [0.1, 0.15) is 51.0 Å². The maximum absolute atomic E-state index is 9.76. The fourth-order valence-corrected chi connectivity index (χ4v) is 2.78. The molecule has 0 spiro atoms. The van der Waals surface area contributed by atoms with Crippen molar-refractivity contribution in [1.29, 1.82) is 0 Å². The maximum Gasteiger partial charge on any atom is 0.115 e. The zero-order valence-electron chi connectivity index (χ0n) is 13.0. The zero-order valence-corrected chi connectivity index (χ0v) is 13.0. The van der Waals surface area contributed by atoms with Gasteiger partial charge in [-0.1, -0.05) is 75.4 Å². The minimum atomic E-state index is 0.371. The number of aromatic hydroxyl groups is 1. The van der Waals surface area contributed by atoms with Crippen molar-refractivity contribution < 1.29 is 5.11 Å². The second-order valence-electron chi connectivity index (χ2n) is 5.73. The van der Waals surface area contributed by atoms with Crippen molar-refractivity contribution in [3.63, 3.8) is 0 Å². The van der Waals surface area contributed by atoms with Crippen molar-refractivity contribution in [2.24, 2.45) is 0 Å². The van der Waals surface area contributed by atoms with Gasteiger partial charge in [0.25, 0.3) is 0 Å². The average Bonchev–Trinajstić information content (AvgIpc) is 2.52. The van der Waals surface area contributed by atoms with Crippen LogP contribution in [0.15, 0.2) is 48.5 Å². The third-order valence-corrected chi connectivity index (χ3v) is 3.97. The molecule has 0 bridgehead atoms. The van der Waals surface area contributed by atoms with Crippen LogP contribution in [0, 0.1) is 0 Å². The quantitative estimate of drug-likeness (QED) is 0.592. The van der Waals surface area contributed by atoms with E-state index in [9.17, 15) is 5.11 Å². The Labute approximate surface area is 128 Å². The molecular weight excluding hydrogens is 256 g/mol. The average molecular weight is 282 g/mol. The van der Waals surface area contributed by atoms with Gasteiger partial charge in [0.2, 0.25) is 0 Å². The molecule has 112 valence electrons. The lowest BCUT2D eigenvalue weighted by molar-refractivity contribution is 0.474. The van der Waals surface area contributed by atoms with E-state index in [1.54, 1.807) is 6.07 Å². The Kier molecular flexibility index (Phi) is 6.33. The van der Waals surface area contributed by atoms with E-state index in [1.807, 2.05) is 18.2 Å². The summed E-state index contributed by atoms with van der Waals surface area (Å²) in [5, 5.41) is 9.76. The number of phenols is 1. The van der Waals surface area contributed by atoms with Crippen LogP contribution >= 0.6 is 0 Å². The molecule has 0 aliphatic heterocycles. The molecule has 1 N–H and O–H groups in total. The minimum absolute atomic E-state index is 0.371. The van der Waals surface area contributed by atoms with Crippen LogP contribution in [0.2, 0.25) is 0 Å². The molecule has 0 atom stereocenters. The van der Waals surface area contributed by atoms with Crippen molar-refractivity contribution >= 4 is 0 Å². The second-order valence-corrected chi connectivity index (χ2v) is 5.73. The Morgan fingerprint density at radius 3 is 2.29 bits per heavy atom. The van der Waals surface area contributed by atoms with Gasteiger partial charge in [-0.15, -0.1) is 0 Å². The van der Waals surface area contributed by atoms with Gasteiger partial charge in [0.05, 0.1) is 0 Å².